The molecule has 8 nitrogen and oxygen atoms in total. The Morgan fingerprint density at radius 3 is 2.50 bits per heavy atom. The van der Waals surface area contributed by atoms with Gasteiger partial charge in [-0.2, -0.15) is 0 Å². The molecule has 0 saturated heterocycles. The van der Waals surface area contributed by atoms with Crippen LogP contribution in [-0.4, -0.2) is 25.2 Å². The van der Waals surface area contributed by atoms with Gasteiger partial charge < -0.3 is 23.9 Å². The molecule has 0 bridgehead atoms. The third-order valence-corrected chi connectivity index (χ3v) is 5.28. The van der Waals surface area contributed by atoms with Crippen LogP contribution in [0.3, 0.4) is 0 Å². The Morgan fingerprint density at radius 2 is 1.74 bits per heavy atom. The highest BCUT2D eigenvalue weighted by atomic mass is 16.6. The van der Waals surface area contributed by atoms with Crippen molar-refractivity contribution >= 4 is 33.8 Å². The van der Waals surface area contributed by atoms with Crippen molar-refractivity contribution in [1.82, 2.24) is 5.32 Å². The number of fused-ring (bicyclic) bond motifs is 3. The third kappa shape index (κ3) is 5.17. The number of esters is 1. The fourth-order valence-electron chi connectivity index (χ4n) is 3.56. The van der Waals surface area contributed by atoms with E-state index in [1.165, 1.54) is 13.0 Å². The number of methoxy groups -OCH3 is 1. The van der Waals surface area contributed by atoms with E-state index >= 15 is 0 Å². The van der Waals surface area contributed by atoms with Crippen molar-refractivity contribution in [3.63, 3.8) is 0 Å². The van der Waals surface area contributed by atoms with Gasteiger partial charge in [0.05, 0.1) is 7.11 Å². The molecule has 4 aromatic rings. The topological polar surface area (TPSA) is 104 Å². The maximum absolute atomic E-state index is 12.5. The van der Waals surface area contributed by atoms with Gasteiger partial charge in [0.15, 0.2) is 0 Å². The first-order chi connectivity index (χ1) is 16.4. The molecule has 1 aromatic heterocycles. The van der Waals surface area contributed by atoms with E-state index in [4.69, 9.17) is 18.6 Å². The second-order valence-corrected chi connectivity index (χ2v) is 7.65. The highest BCUT2D eigenvalue weighted by Crippen LogP contribution is 2.30. The van der Waals surface area contributed by atoms with E-state index in [9.17, 15) is 14.4 Å². The fourth-order valence-corrected chi connectivity index (χ4v) is 3.56. The summed E-state index contributed by atoms with van der Waals surface area (Å²) in [5, 5.41) is 4.79. The number of carbonyl (C=O) groups is 2. The van der Waals surface area contributed by atoms with Crippen LogP contribution in [0.25, 0.3) is 21.7 Å². The lowest BCUT2D eigenvalue weighted by Crippen LogP contribution is -2.39. The standard InChI is InChI=1S/C26H23NO7/c1-16(27-26(30)33-14-17-6-4-3-5-7-17)25(29)32-15-19-12-23(28)34-22-11-9-18-8-10-20(31-2)13-21(18)24(19)22/h3-13,16H,14-15H2,1-2H3,(H,27,30). The summed E-state index contributed by atoms with van der Waals surface area (Å²) in [5.41, 5.74) is 1.12. The number of benzene rings is 3. The summed E-state index contributed by atoms with van der Waals surface area (Å²) in [6.07, 6.45) is -0.739. The van der Waals surface area contributed by atoms with E-state index in [2.05, 4.69) is 5.32 Å². The van der Waals surface area contributed by atoms with Gasteiger partial charge in [-0.15, -0.1) is 0 Å². The van der Waals surface area contributed by atoms with Crippen LogP contribution in [0.2, 0.25) is 0 Å². The van der Waals surface area contributed by atoms with E-state index in [0.717, 1.165) is 16.3 Å². The predicted molar refractivity (Wildman–Crippen MR) is 126 cm³/mol. The van der Waals surface area contributed by atoms with Gasteiger partial charge in [0.1, 0.15) is 30.6 Å². The molecule has 0 spiro atoms. The lowest BCUT2D eigenvalue weighted by atomic mass is 10.0. The Hall–Kier alpha value is -4.33. The molecule has 1 heterocycles. The second kappa shape index (κ2) is 10.1. The molecular weight excluding hydrogens is 438 g/mol. The number of ether oxygens (including phenoxy) is 3. The molecular formula is C26H23NO7. The van der Waals surface area contributed by atoms with Crippen LogP contribution in [0.5, 0.6) is 5.75 Å². The molecule has 1 atom stereocenters. The number of amides is 1. The molecule has 4 rings (SSSR count). The number of hydrogen-bond acceptors (Lipinski definition) is 7. The van der Waals surface area contributed by atoms with E-state index in [-0.39, 0.29) is 13.2 Å². The maximum atomic E-state index is 12.5. The van der Waals surface area contributed by atoms with Gasteiger partial charge in [0, 0.05) is 17.0 Å². The number of hydrogen-bond donors (Lipinski definition) is 1. The van der Waals surface area contributed by atoms with Gasteiger partial charge in [-0.25, -0.2) is 14.4 Å². The number of carbonyl (C=O) groups excluding carboxylic acids is 2. The zero-order valence-electron chi connectivity index (χ0n) is 18.7. The minimum atomic E-state index is -0.952. The van der Waals surface area contributed by atoms with E-state index < -0.39 is 23.7 Å². The molecule has 0 aliphatic heterocycles. The van der Waals surface area contributed by atoms with Gasteiger partial charge >= 0.3 is 17.7 Å². The summed E-state index contributed by atoms with van der Waals surface area (Å²) in [6.45, 7) is 1.39. The zero-order valence-corrected chi connectivity index (χ0v) is 18.7. The molecule has 1 unspecified atom stereocenters. The summed E-state index contributed by atoms with van der Waals surface area (Å²) >= 11 is 0. The summed E-state index contributed by atoms with van der Waals surface area (Å²) in [4.78, 5) is 36.6. The van der Waals surface area contributed by atoms with Gasteiger partial charge in [-0.1, -0.05) is 42.5 Å². The number of rotatable bonds is 7. The van der Waals surface area contributed by atoms with Crippen LogP contribution < -0.4 is 15.7 Å². The first-order valence-electron chi connectivity index (χ1n) is 10.6. The average molecular weight is 461 g/mol. The molecule has 174 valence electrons. The van der Waals surface area contributed by atoms with E-state index in [1.54, 1.807) is 13.2 Å². The van der Waals surface area contributed by atoms with Gasteiger partial charge in [0.2, 0.25) is 0 Å². The normalized spacial score (nSPS) is 11.7. The van der Waals surface area contributed by atoms with Crippen LogP contribution in [0.15, 0.2) is 75.9 Å². The predicted octanol–water partition coefficient (Wildman–Crippen LogP) is 4.31. The molecule has 0 aliphatic rings. The lowest BCUT2D eigenvalue weighted by Gasteiger charge is -2.15. The summed E-state index contributed by atoms with van der Waals surface area (Å²) in [6, 6.07) is 18.6. The maximum Gasteiger partial charge on any atom is 0.408 e. The first kappa shape index (κ1) is 22.8. The van der Waals surface area contributed by atoms with Gasteiger partial charge in [0.25, 0.3) is 0 Å². The minimum Gasteiger partial charge on any atom is -0.497 e. The van der Waals surface area contributed by atoms with Crippen molar-refractivity contribution in [2.24, 2.45) is 0 Å². The Morgan fingerprint density at radius 1 is 0.971 bits per heavy atom. The quantitative estimate of drug-likeness (QED) is 0.248. The van der Waals surface area contributed by atoms with Crippen LogP contribution in [0, 0.1) is 0 Å². The molecule has 34 heavy (non-hydrogen) atoms. The molecule has 0 saturated carbocycles. The Balaban J connectivity index is 1.47. The molecule has 0 aliphatic carbocycles. The first-order valence-corrected chi connectivity index (χ1v) is 10.6. The van der Waals surface area contributed by atoms with Crippen LogP contribution in [0.4, 0.5) is 4.79 Å². The number of nitrogens with one attached hydrogen (secondary N) is 1. The summed E-state index contributed by atoms with van der Waals surface area (Å²) in [5.74, 6) is -0.0307. The molecule has 0 fully saturated rings. The number of alkyl carbamates (subject to hydrolysis) is 1. The molecule has 1 amide bonds. The summed E-state index contributed by atoms with van der Waals surface area (Å²) in [7, 11) is 1.56. The Labute approximate surface area is 195 Å². The fraction of sp³-hybridized carbons (Fsp3) is 0.192. The molecule has 3 aromatic carbocycles. The molecule has 1 N–H and O–H groups in total. The average Bonchev–Trinajstić information content (AvgIpc) is 2.85. The Bertz CT molecular complexity index is 1400. The van der Waals surface area contributed by atoms with E-state index in [1.807, 2.05) is 54.6 Å². The van der Waals surface area contributed by atoms with Crippen molar-refractivity contribution in [2.75, 3.05) is 7.11 Å². The SMILES string of the molecule is COc1ccc2ccc3oc(=O)cc(COC(=O)C(C)NC(=O)OCc4ccccc4)c3c2c1. The van der Waals surface area contributed by atoms with Crippen LogP contribution in [0.1, 0.15) is 18.1 Å². The second-order valence-electron chi connectivity index (χ2n) is 7.65. The lowest BCUT2D eigenvalue weighted by molar-refractivity contribution is -0.146. The van der Waals surface area contributed by atoms with Gasteiger partial charge in [-0.3, -0.25) is 0 Å². The van der Waals surface area contributed by atoms with Crippen molar-refractivity contribution in [3.8, 4) is 5.75 Å². The van der Waals surface area contributed by atoms with Crippen LogP contribution in [-0.2, 0) is 27.5 Å². The largest absolute Gasteiger partial charge is 0.497 e. The monoisotopic (exact) mass is 461 g/mol. The Kier molecular flexibility index (Phi) is 6.77. The smallest absolute Gasteiger partial charge is 0.408 e. The van der Waals surface area contributed by atoms with Crippen molar-refractivity contribution in [2.45, 2.75) is 26.2 Å². The molecule has 0 radical (unpaired) electrons. The van der Waals surface area contributed by atoms with Crippen molar-refractivity contribution in [3.05, 3.63) is 88.3 Å². The highest BCUT2D eigenvalue weighted by molar-refractivity contribution is 6.07. The van der Waals surface area contributed by atoms with Crippen LogP contribution >= 0.6 is 0 Å². The third-order valence-electron chi connectivity index (χ3n) is 5.28. The van der Waals surface area contributed by atoms with Gasteiger partial charge in [-0.05, 0) is 41.5 Å². The van der Waals surface area contributed by atoms with Crippen molar-refractivity contribution < 1.29 is 28.2 Å². The molecule has 8 heteroatoms. The van der Waals surface area contributed by atoms with E-state index in [0.29, 0.717) is 22.3 Å². The summed E-state index contributed by atoms with van der Waals surface area (Å²) < 4.78 is 21.2. The highest BCUT2D eigenvalue weighted by Gasteiger charge is 2.19. The minimum absolute atomic E-state index is 0.0801. The zero-order chi connectivity index (χ0) is 24.1. The van der Waals surface area contributed by atoms with Crippen molar-refractivity contribution in [1.29, 1.82) is 0 Å².